The van der Waals surface area contributed by atoms with E-state index in [1.165, 1.54) is 0 Å². The van der Waals surface area contributed by atoms with Gasteiger partial charge in [-0.3, -0.25) is 0 Å². The van der Waals surface area contributed by atoms with Crippen LogP contribution in [0.4, 0.5) is 0 Å². The van der Waals surface area contributed by atoms with Gasteiger partial charge in [0.05, 0.1) is 0 Å². The Balaban J connectivity index is 1.79. The Hall–Kier alpha value is -11.8. The maximum Gasteiger partial charge on any atom is 0.144 e. The van der Waals surface area contributed by atoms with Crippen LogP contribution in [-0.4, -0.2) is 0 Å². The van der Waals surface area contributed by atoms with Gasteiger partial charge in [0.1, 0.15) is 23.7 Å². The Bertz CT molecular complexity index is 3700. The fourth-order valence-corrected chi connectivity index (χ4v) is 4.65. The molecule has 68 heavy (non-hydrogen) atoms. The molecule has 0 radical (unpaired) electrons. The van der Waals surface area contributed by atoms with Crippen LogP contribution in [0, 0.1) is 262 Å². The van der Waals surface area contributed by atoms with E-state index in [2.05, 4.69) is 256 Å². The third-order valence-electron chi connectivity index (χ3n) is 7.13. The zero-order valence-corrected chi connectivity index (χ0v) is 36.6. The summed E-state index contributed by atoms with van der Waals surface area (Å²) in [4.78, 5) is 0. The monoisotopic (exact) mass is 886 g/mol. The van der Waals surface area contributed by atoms with E-state index < -0.39 is 5.41 Å². The van der Waals surface area contributed by atoms with E-state index in [0.29, 0.717) is 21.5 Å². The van der Waals surface area contributed by atoms with E-state index in [0.717, 1.165) is 16.7 Å². The van der Waals surface area contributed by atoms with E-state index in [4.69, 9.17) is 45.5 Å². The molecule has 0 amide bonds. The average molecular weight is 888 g/mol. The molecule has 0 bridgehead atoms. The lowest BCUT2D eigenvalue weighted by Crippen LogP contribution is -2.25. The molecular formula is C64H16Cl2O2. The van der Waals surface area contributed by atoms with E-state index in [1.54, 1.807) is 6.07 Å². The minimum absolute atomic E-state index is 0.341. The number of rotatable bonds is 5. The van der Waals surface area contributed by atoms with Crippen LogP contribution < -0.4 is 9.47 Å². The fourth-order valence-electron chi connectivity index (χ4n) is 4.40. The zero-order valence-electron chi connectivity index (χ0n) is 35.1. The standard InChI is InChI=1S/C64H16Cl2O2/c1-4-6-8-10-12-14-16-18-20-22-24-26-28-30-32-34-36-38-40-42-52-67-62-54-59(64(3,57-44-48-60(65)49-45-57)58-46-50-61(66)51-47-58)55-63(56-62)68-53-43-41-39-37-35-33-31-29-27-25-23-21-19-17-15-13-11-9-7-5-2/h1-2,44-51,54-56H,3H3. The van der Waals surface area contributed by atoms with Crippen LogP contribution in [0.2, 0.25) is 10.0 Å². The average Bonchev–Trinajstić information content (AvgIpc) is 3.35. The minimum Gasteiger partial charge on any atom is -0.407 e. The molecule has 0 aliphatic rings. The van der Waals surface area contributed by atoms with Gasteiger partial charge in [-0.15, -0.1) is 12.8 Å². The Morgan fingerprint density at radius 2 is 0.529 bits per heavy atom. The molecule has 0 fully saturated rings. The number of halogens is 2. The molecule has 3 aromatic carbocycles. The quantitative estimate of drug-likeness (QED) is 0.220. The van der Waals surface area contributed by atoms with Gasteiger partial charge < -0.3 is 9.47 Å². The van der Waals surface area contributed by atoms with Crippen molar-refractivity contribution in [2.45, 2.75) is 12.3 Å². The molecule has 4 heteroatoms. The van der Waals surface area contributed by atoms with Gasteiger partial charge >= 0.3 is 0 Å². The van der Waals surface area contributed by atoms with Crippen molar-refractivity contribution in [1.29, 1.82) is 0 Å². The predicted octanol–water partition coefficient (Wildman–Crippen LogP) is 6.35. The van der Waals surface area contributed by atoms with E-state index in [1.807, 2.05) is 60.7 Å². The highest BCUT2D eigenvalue weighted by Crippen LogP contribution is 2.42. The van der Waals surface area contributed by atoms with Crippen molar-refractivity contribution in [2.75, 3.05) is 0 Å². The minimum atomic E-state index is -0.758. The third kappa shape index (κ3) is 21.6. The van der Waals surface area contributed by atoms with E-state index in [9.17, 15) is 0 Å². The van der Waals surface area contributed by atoms with Crippen LogP contribution >= 0.6 is 23.2 Å². The molecule has 0 heterocycles. The summed E-state index contributed by atoms with van der Waals surface area (Å²) in [6, 6.07) is 20.3. The molecule has 0 spiro atoms. The first-order chi connectivity index (χ1) is 33.5. The first-order valence-electron chi connectivity index (χ1n) is 18.4. The summed E-state index contributed by atoms with van der Waals surface area (Å²) in [6.07, 6.45) is 15.1. The van der Waals surface area contributed by atoms with Gasteiger partial charge in [-0.05, 0) is 155 Å². The number of terminal acetylenes is 2. The molecule has 3 aromatic rings. The molecule has 298 valence electrons. The smallest absolute Gasteiger partial charge is 0.144 e. The van der Waals surface area contributed by atoms with Gasteiger partial charge in [0, 0.05) is 164 Å². The van der Waals surface area contributed by atoms with Crippen LogP contribution in [0.25, 0.3) is 0 Å². The van der Waals surface area contributed by atoms with Crippen molar-refractivity contribution in [3.8, 4) is 273 Å². The van der Waals surface area contributed by atoms with E-state index in [-0.39, 0.29) is 0 Å². The van der Waals surface area contributed by atoms with Crippen LogP contribution in [0.5, 0.6) is 11.5 Å². The molecule has 0 aromatic heterocycles. The predicted molar refractivity (Wildman–Crippen MR) is 269 cm³/mol. The lowest BCUT2D eigenvalue weighted by atomic mass is 9.71. The van der Waals surface area contributed by atoms with Gasteiger partial charge in [0.2, 0.25) is 0 Å². The molecule has 2 nitrogen and oxygen atoms in total. The van der Waals surface area contributed by atoms with Crippen molar-refractivity contribution < 1.29 is 9.47 Å². The summed E-state index contributed by atoms with van der Waals surface area (Å²) >= 11 is 12.6. The molecule has 0 aliphatic carbocycles. The lowest BCUT2D eigenvalue weighted by molar-refractivity contribution is 0.491. The van der Waals surface area contributed by atoms with Crippen molar-refractivity contribution in [1.82, 2.24) is 0 Å². The summed E-state index contributed by atoms with van der Waals surface area (Å²) in [7, 11) is 0. The van der Waals surface area contributed by atoms with Crippen LogP contribution in [-0.2, 0) is 5.41 Å². The first kappa shape index (κ1) is 50.5. The molecule has 0 saturated heterocycles. The van der Waals surface area contributed by atoms with Crippen molar-refractivity contribution in [2.24, 2.45) is 0 Å². The number of benzene rings is 3. The largest absolute Gasteiger partial charge is 0.407 e. The molecule has 0 saturated carbocycles. The summed E-state index contributed by atoms with van der Waals surface area (Å²) in [5.74, 6) is 100. The van der Waals surface area contributed by atoms with Crippen LogP contribution in [0.3, 0.4) is 0 Å². The zero-order chi connectivity index (χ0) is 48.4. The summed E-state index contributed by atoms with van der Waals surface area (Å²) < 4.78 is 11.6. The molecule has 0 N–H and O–H groups in total. The topological polar surface area (TPSA) is 18.5 Å². The first-order valence-corrected chi connectivity index (χ1v) is 19.2. The van der Waals surface area contributed by atoms with Gasteiger partial charge in [-0.25, -0.2) is 0 Å². The third-order valence-corrected chi connectivity index (χ3v) is 7.64. The molecule has 0 aliphatic heterocycles. The van der Waals surface area contributed by atoms with E-state index >= 15 is 0 Å². The second-order valence-electron chi connectivity index (χ2n) is 11.3. The highest BCUT2D eigenvalue weighted by Gasteiger charge is 2.32. The van der Waals surface area contributed by atoms with Crippen LogP contribution in [0.1, 0.15) is 23.6 Å². The summed E-state index contributed by atoms with van der Waals surface area (Å²) in [5.41, 5.74) is 1.86. The van der Waals surface area contributed by atoms with Gasteiger partial charge in [-0.2, -0.15) is 0 Å². The van der Waals surface area contributed by atoms with Crippen molar-refractivity contribution in [3.05, 3.63) is 93.5 Å². The maximum absolute atomic E-state index is 6.28. The molecular weight excluding hydrogens is 872 g/mol. The second-order valence-corrected chi connectivity index (χ2v) is 12.2. The maximum atomic E-state index is 6.28. The number of ether oxygens (including phenoxy) is 2. The summed E-state index contributed by atoms with van der Waals surface area (Å²) in [6.45, 7) is 2.05. The summed E-state index contributed by atoms with van der Waals surface area (Å²) in [5, 5.41) is 1.17. The van der Waals surface area contributed by atoms with Crippen LogP contribution in [0.15, 0.2) is 66.7 Å². The SMILES string of the molecule is C#CC#CC#CC#CC#CC#CC#CC#CC#CC#CC#COc1cc(OC#CC#CC#CC#CC#CC#CC#CC#CC#CC#CC#C)cc(C(C)(c2ccc(Cl)cc2)c2ccc(Cl)cc2)c1. The molecule has 3 rings (SSSR count). The highest BCUT2D eigenvalue weighted by atomic mass is 35.5. The Labute approximate surface area is 409 Å². The van der Waals surface area contributed by atoms with Gasteiger partial charge in [0.25, 0.3) is 0 Å². The fraction of sp³-hybridized carbons (Fsp3) is 0.0312. The normalized spacial score (nSPS) is 6.72. The second kappa shape index (κ2) is 32.9. The lowest BCUT2D eigenvalue weighted by Gasteiger charge is -2.32. The highest BCUT2D eigenvalue weighted by molar-refractivity contribution is 6.30. The Kier molecular flexibility index (Phi) is 24.4. The van der Waals surface area contributed by atoms with Crippen molar-refractivity contribution >= 4 is 23.2 Å². The molecule has 0 unspecified atom stereocenters. The van der Waals surface area contributed by atoms with Crippen molar-refractivity contribution in [3.63, 3.8) is 0 Å². The Morgan fingerprint density at radius 3 is 0.765 bits per heavy atom. The number of hydrogen-bond donors (Lipinski definition) is 0. The molecule has 0 atom stereocenters. The van der Waals surface area contributed by atoms with Gasteiger partial charge in [-0.1, -0.05) is 47.5 Å². The number of hydrogen-bond acceptors (Lipinski definition) is 2. The van der Waals surface area contributed by atoms with Gasteiger partial charge in [0.15, 0.2) is 0 Å². The Morgan fingerprint density at radius 1 is 0.309 bits per heavy atom.